The first-order valence-electron chi connectivity index (χ1n) is 7.96. The number of piperazine rings is 1. The van der Waals surface area contributed by atoms with Crippen molar-refractivity contribution < 1.29 is 0 Å². The molecule has 1 saturated heterocycles. The Hall–Kier alpha value is -0.650. The molecule has 1 unspecified atom stereocenters. The highest BCUT2D eigenvalue weighted by Gasteiger charge is 2.26. The van der Waals surface area contributed by atoms with Crippen LogP contribution in [0.2, 0.25) is 0 Å². The monoisotopic (exact) mass is 294 g/mol. The van der Waals surface area contributed by atoms with Gasteiger partial charge in [0.2, 0.25) is 0 Å². The molecule has 20 heavy (non-hydrogen) atoms. The number of hydrogen-bond acceptors (Lipinski definition) is 5. The lowest BCUT2D eigenvalue weighted by atomic mass is 9.98. The zero-order chi connectivity index (χ0) is 13.9. The van der Waals surface area contributed by atoms with Gasteiger partial charge < -0.3 is 10.2 Å². The van der Waals surface area contributed by atoms with Crippen molar-refractivity contribution in [1.82, 2.24) is 15.2 Å². The van der Waals surface area contributed by atoms with E-state index in [1.165, 1.54) is 61.0 Å². The predicted molar refractivity (Wildman–Crippen MR) is 85.8 cm³/mol. The van der Waals surface area contributed by atoms with E-state index in [0.717, 1.165) is 13.1 Å². The van der Waals surface area contributed by atoms with Crippen LogP contribution in [0, 0.1) is 0 Å². The number of hydrogen-bond donors (Lipinski definition) is 1. The second-order valence-corrected chi connectivity index (χ2v) is 6.93. The summed E-state index contributed by atoms with van der Waals surface area (Å²) in [6, 6.07) is 0.477. The Bertz CT molecular complexity index is 437. The van der Waals surface area contributed by atoms with Crippen LogP contribution in [0.25, 0.3) is 0 Å². The first kappa shape index (κ1) is 14.3. The zero-order valence-electron chi connectivity index (χ0n) is 12.7. The molecule has 112 valence electrons. The number of aromatic nitrogens is 1. The molecule has 1 aliphatic carbocycles. The zero-order valence-corrected chi connectivity index (χ0v) is 13.5. The van der Waals surface area contributed by atoms with E-state index in [0.29, 0.717) is 6.04 Å². The highest BCUT2D eigenvalue weighted by molar-refractivity contribution is 7.15. The quantitative estimate of drug-likeness (QED) is 0.923. The van der Waals surface area contributed by atoms with Crippen molar-refractivity contribution in [3.8, 4) is 0 Å². The van der Waals surface area contributed by atoms with Crippen molar-refractivity contribution in [3.63, 3.8) is 0 Å². The maximum Gasteiger partial charge on any atom is 0.185 e. The largest absolute Gasteiger partial charge is 0.346 e. The molecule has 0 bridgehead atoms. The van der Waals surface area contributed by atoms with Gasteiger partial charge in [0.25, 0.3) is 0 Å². The van der Waals surface area contributed by atoms with Gasteiger partial charge in [0.15, 0.2) is 5.13 Å². The van der Waals surface area contributed by atoms with E-state index >= 15 is 0 Å². The predicted octanol–water partition coefficient (Wildman–Crippen LogP) is 2.27. The summed E-state index contributed by atoms with van der Waals surface area (Å²) in [5.41, 5.74) is 1.33. The molecule has 1 fully saturated rings. The van der Waals surface area contributed by atoms with E-state index in [1.54, 1.807) is 0 Å². The van der Waals surface area contributed by atoms with Gasteiger partial charge in [-0.3, -0.25) is 4.90 Å². The lowest BCUT2D eigenvalue weighted by Gasteiger charge is -2.34. The Morgan fingerprint density at radius 2 is 2.10 bits per heavy atom. The van der Waals surface area contributed by atoms with Crippen molar-refractivity contribution in [2.45, 2.75) is 38.6 Å². The van der Waals surface area contributed by atoms with Crippen LogP contribution in [0.5, 0.6) is 0 Å². The van der Waals surface area contributed by atoms with Gasteiger partial charge in [-0.05, 0) is 39.3 Å². The summed E-state index contributed by atoms with van der Waals surface area (Å²) in [5.74, 6) is 0. The maximum absolute atomic E-state index is 4.96. The second kappa shape index (κ2) is 6.41. The molecule has 0 spiro atoms. The summed E-state index contributed by atoms with van der Waals surface area (Å²) >= 11 is 1.93. The van der Waals surface area contributed by atoms with E-state index in [2.05, 4.69) is 29.1 Å². The molecule has 0 amide bonds. The molecule has 1 atom stereocenters. The number of anilines is 1. The minimum absolute atomic E-state index is 0.477. The summed E-state index contributed by atoms with van der Waals surface area (Å²) in [7, 11) is 2.06. The van der Waals surface area contributed by atoms with Gasteiger partial charge in [0.1, 0.15) is 0 Å². The van der Waals surface area contributed by atoms with Crippen LogP contribution in [0.4, 0.5) is 5.13 Å². The minimum Gasteiger partial charge on any atom is -0.346 e. The second-order valence-electron chi connectivity index (χ2n) is 5.87. The van der Waals surface area contributed by atoms with Gasteiger partial charge in [-0.2, -0.15) is 0 Å². The molecule has 1 N–H and O–H groups in total. The SMILES string of the molecule is CCCN1CCN(c2nc3c(s2)CCCC3NC)CC1. The standard InChI is InChI=1S/C15H26N4S/c1-3-7-18-8-10-19(11-9-18)15-17-14-12(16-2)5-4-6-13(14)20-15/h12,16H,3-11H2,1-2H3. The minimum atomic E-state index is 0.477. The lowest BCUT2D eigenvalue weighted by molar-refractivity contribution is 0.258. The van der Waals surface area contributed by atoms with E-state index in [1.807, 2.05) is 11.3 Å². The highest BCUT2D eigenvalue weighted by Crippen LogP contribution is 2.36. The Labute approximate surface area is 126 Å². The topological polar surface area (TPSA) is 31.4 Å². The van der Waals surface area contributed by atoms with Gasteiger partial charge in [-0.25, -0.2) is 4.98 Å². The van der Waals surface area contributed by atoms with Crippen molar-refractivity contribution in [2.24, 2.45) is 0 Å². The number of thiazole rings is 1. The molecular weight excluding hydrogens is 268 g/mol. The third-order valence-electron chi connectivity index (χ3n) is 4.47. The van der Waals surface area contributed by atoms with Crippen molar-refractivity contribution in [3.05, 3.63) is 10.6 Å². The van der Waals surface area contributed by atoms with Crippen LogP contribution in [-0.4, -0.2) is 49.7 Å². The van der Waals surface area contributed by atoms with Crippen LogP contribution >= 0.6 is 11.3 Å². The van der Waals surface area contributed by atoms with Crippen LogP contribution in [0.3, 0.4) is 0 Å². The summed E-state index contributed by atoms with van der Waals surface area (Å²) in [4.78, 5) is 11.5. The molecule has 1 aromatic rings. The fraction of sp³-hybridized carbons (Fsp3) is 0.800. The van der Waals surface area contributed by atoms with Crippen LogP contribution in [0.1, 0.15) is 42.8 Å². The van der Waals surface area contributed by atoms with E-state index in [-0.39, 0.29) is 0 Å². The molecule has 1 aromatic heterocycles. The number of aryl methyl sites for hydroxylation is 1. The molecule has 5 heteroatoms. The molecule has 1 aliphatic heterocycles. The number of rotatable bonds is 4. The third-order valence-corrected chi connectivity index (χ3v) is 5.67. The molecule has 0 saturated carbocycles. The Kier molecular flexibility index (Phi) is 4.58. The average molecular weight is 294 g/mol. The summed E-state index contributed by atoms with van der Waals surface area (Å²) in [5, 5.41) is 4.68. The smallest absolute Gasteiger partial charge is 0.185 e. The number of nitrogens with zero attached hydrogens (tertiary/aromatic N) is 3. The van der Waals surface area contributed by atoms with E-state index in [4.69, 9.17) is 4.98 Å². The molecular formula is C15H26N4S. The summed E-state index contributed by atoms with van der Waals surface area (Å²) in [6.45, 7) is 8.15. The van der Waals surface area contributed by atoms with Gasteiger partial charge in [-0.1, -0.05) is 6.92 Å². The van der Waals surface area contributed by atoms with Crippen molar-refractivity contribution >= 4 is 16.5 Å². The van der Waals surface area contributed by atoms with Gasteiger partial charge >= 0.3 is 0 Å². The number of nitrogens with one attached hydrogen (secondary N) is 1. The van der Waals surface area contributed by atoms with E-state index in [9.17, 15) is 0 Å². The lowest BCUT2D eigenvalue weighted by Crippen LogP contribution is -2.46. The first-order valence-corrected chi connectivity index (χ1v) is 8.77. The van der Waals surface area contributed by atoms with E-state index < -0.39 is 0 Å². The molecule has 0 radical (unpaired) electrons. The average Bonchev–Trinajstić information content (AvgIpc) is 2.92. The molecule has 0 aromatic carbocycles. The normalized spacial score (nSPS) is 23.9. The fourth-order valence-electron chi connectivity index (χ4n) is 3.30. The summed E-state index contributed by atoms with van der Waals surface area (Å²) < 4.78 is 0. The van der Waals surface area contributed by atoms with Crippen LogP contribution in [-0.2, 0) is 6.42 Å². The van der Waals surface area contributed by atoms with Gasteiger partial charge in [0.05, 0.1) is 11.7 Å². The van der Waals surface area contributed by atoms with Gasteiger partial charge in [0, 0.05) is 31.1 Å². The molecule has 4 nitrogen and oxygen atoms in total. The maximum atomic E-state index is 4.96. The van der Waals surface area contributed by atoms with Crippen LogP contribution < -0.4 is 10.2 Å². The Morgan fingerprint density at radius 1 is 1.30 bits per heavy atom. The highest BCUT2D eigenvalue weighted by atomic mass is 32.1. The Balaban J connectivity index is 1.68. The fourth-order valence-corrected chi connectivity index (χ4v) is 4.52. The van der Waals surface area contributed by atoms with Crippen molar-refractivity contribution in [2.75, 3.05) is 44.7 Å². The van der Waals surface area contributed by atoms with Crippen LogP contribution in [0.15, 0.2) is 0 Å². The first-order chi connectivity index (χ1) is 9.81. The molecule has 3 rings (SSSR count). The molecule has 2 aliphatic rings. The Morgan fingerprint density at radius 3 is 2.80 bits per heavy atom. The number of fused-ring (bicyclic) bond motifs is 1. The third kappa shape index (κ3) is 2.85. The summed E-state index contributed by atoms with van der Waals surface area (Å²) in [6.07, 6.45) is 5.01. The van der Waals surface area contributed by atoms with Gasteiger partial charge in [-0.15, -0.1) is 11.3 Å². The van der Waals surface area contributed by atoms with Crippen molar-refractivity contribution in [1.29, 1.82) is 0 Å². The molecule has 2 heterocycles.